The number of nitrogens with two attached hydrogens (primary N) is 1. The number of carbonyl (C=O) groups is 3. The van der Waals surface area contributed by atoms with E-state index in [9.17, 15) is 14.4 Å². The molecule has 7 nitrogen and oxygen atoms in total. The number of amides is 3. The maximum atomic E-state index is 12.2. The van der Waals surface area contributed by atoms with Crippen LogP contribution in [0.1, 0.15) is 63.4 Å². The van der Waals surface area contributed by atoms with Crippen LogP contribution in [0.2, 0.25) is 0 Å². The number of primary amides is 1. The molecule has 3 amide bonds. The molecule has 1 aliphatic carbocycles. The smallest absolute Gasteiger partial charge is 0.407 e. The summed E-state index contributed by atoms with van der Waals surface area (Å²) in [5, 5.41) is 5.53. The van der Waals surface area contributed by atoms with Gasteiger partial charge in [-0.15, -0.1) is 0 Å². The monoisotopic (exact) mass is 403 g/mol. The molecule has 0 aliphatic heterocycles. The quantitative estimate of drug-likeness (QED) is 0.493. The molecule has 0 radical (unpaired) electrons. The van der Waals surface area contributed by atoms with Gasteiger partial charge in [-0.2, -0.15) is 0 Å². The Balaban J connectivity index is 1.53. The zero-order chi connectivity index (χ0) is 20.9. The summed E-state index contributed by atoms with van der Waals surface area (Å²) in [6.45, 7) is 0.746. The lowest BCUT2D eigenvalue weighted by molar-refractivity contribution is -0.129. The van der Waals surface area contributed by atoms with Crippen LogP contribution >= 0.6 is 0 Å². The normalized spacial score (nSPS) is 15.3. The topological polar surface area (TPSA) is 111 Å². The molecule has 0 aromatic heterocycles. The first kappa shape index (κ1) is 22.7. The number of carbonyl (C=O) groups excluding carboxylic acids is 3. The van der Waals surface area contributed by atoms with Crippen molar-refractivity contribution in [3.8, 4) is 0 Å². The molecule has 0 spiro atoms. The zero-order valence-corrected chi connectivity index (χ0v) is 17.0. The van der Waals surface area contributed by atoms with Gasteiger partial charge in [0, 0.05) is 13.0 Å². The number of nitrogens with one attached hydrogen (secondary N) is 2. The highest BCUT2D eigenvalue weighted by atomic mass is 16.5. The van der Waals surface area contributed by atoms with Gasteiger partial charge in [0.25, 0.3) is 0 Å². The summed E-state index contributed by atoms with van der Waals surface area (Å²) < 4.78 is 5.14. The molecule has 1 fully saturated rings. The van der Waals surface area contributed by atoms with Crippen LogP contribution in [0, 0.1) is 5.92 Å². The Labute approximate surface area is 172 Å². The zero-order valence-electron chi connectivity index (χ0n) is 17.0. The van der Waals surface area contributed by atoms with Crippen molar-refractivity contribution in [2.24, 2.45) is 11.7 Å². The van der Waals surface area contributed by atoms with Crippen molar-refractivity contribution in [2.45, 2.75) is 70.4 Å². The Hall–Kier alpha value is -2.57. The molecule has 1 saturated carbocycles. The largest absolute Gasteiger partial charge is 0.445 e. The molecule has 7 heteroatoms. The maximum Gasteiger partial charge on any atom is 0.407 e. The molecule has 2 rings (SSSR count). The average Bonchev–Trinajstić information content (AvgIpc) is 2.74. The van der Waals surface area contributed by atoms with Crippen LogP contribution in [-0.2, 0) is 20.9 Å². The first-order chi connectivity index (χ1) is 14.1. The summed E-state index contributed by atoms with van der Waals surface area (Å²) >= 11 is 0. The molecule has 1 aromatic rings. The summed E-state index contributed by atoms with van der Waals surface area (Å²) in [7, 11) is 0. The third-order valence-corrected chi connectivity index (χ3v) is 5.31. The second kappa shape index (κ2) is 12.8. The number of hydrogen-bond acceptors (Lipinski definition) is 4. The minimum absolute atomic E-state index is 0.130. The Morgan fingerprint density at radius 2 is 1.76 bits per heavy atom. The second-order valence-corrected chi connectivity index (χ2v) is 7.64. The number of unbranched alkanes of at least 4 members (excludes halogenated alkanes) is 2. The lowest BCUT2D eigenvalue weighted by Crippen LogP contribution is -2.49. The van der Waals surface area contributed by atoms with Crippen LogP contribution in [0.15, 0.2) is 30.3 Å². The van der Waals surface area contributed by atoms with E-state index >= 15 is 0 Å². The van der Waals surface area contributed by atoms with E-state index in [0.29, 0.717) is 19.4 Å². The molecule has 1 atom stereocenters. The number of ether oxygens (including phenoxy) is 1. The minimum atomic E-state index is -0.552. The van der Waals surface area contributed by atoms with Crippen LogP contribution in [0.5, 0.6) is 0 Å². The Morgan fingerprint density at radius 1 is 1.03 bits per heavy atom. The minimum Gasteiger partial charge on any atom is -0.445 e. The van der Waals surface area contributed by atoms with Crippen molar-refractivity contribution in [1.82, 2.24) is 10.6 Å². The highest BCUT2D eigenvalue weighted by Crippen LogP contribution is 2.26. The van der Waals surface area contributed by atoms with Gasteiger partial charge in [0.15, 0.2) is 0 Å². The molecule has 0 heterocycles. The Bertz CT molecular complexity index is 645. The number of alkyl carbamates (subject to hydrolysis) is 1. The van der Waals surface area contributed by atoms with E-state index in [0.717, 1.165) is 44.1 Å². The van der Waals surface area contributed by atoms with Crippen LogP contribution in [-0.4, -0.2) is 30.5 Å². The second-order valence-electron chi connectivity index (χ2n) is 7.64. The Morgan fingerprint density at radius 3 is 2.45 bits per heavy atom. The van der Waals surface area contributed by atoms with Gasteiger partial charge in [-0.3, -0.25) is 9.59 Å². The summed E-state index contributed by atoms with van der Waals surface area (Å²) in [4.78, 5) is 35.5. The van der Waals surface area contributed by atoms with Crippen LogP contribution in [0.25, 0.3) is 0 Å². The average molecular weight is 404 g/mol. The van der Waals surface area contributed by atoms with E-state index in [1.165, 1.54) is 6.42 Å². The van der Waals surface area contributed by atoms with Gasteiger partial charge in [-0.25, -0.2) is 4.79 Å². The summed E-state index contributed by atoms with van der Waals surface area (Å²) in [6, 6.07) is 8.95. The molecular weight excluding hydrogens is 370 g/mol. The fourth-order valence-electron chi connectivity index (χ4n) is 3.69. The van der Waals surface area contributed by atoms with Crippen molar-refractivity contribution in [3.05, 3.63) is 35.9 Å². The van der Waals surface area contributed by atoms with Crippen LogP contribution < -0.4 is 16.4 Å². The molecular formula is C22H33N3O4. The van der Waals surface area contributed by atoms with Crippen molar-refractivity contribution in [1.29, 1.82) is 0 Å². The van der Waals surface area contributed by atoms with Gasteiger partial charge in [-0.1, -0.05) is 56.0 Å². The van der Waals surface area contributed by atoms with Gasteiger partial charge in [0.2, 0.25) is 11.8 Å². The Kier molecular flexibility index (Phi) is 10.0. The number of benzene rings is 1. The van der Waals surface area contributed by atoms with Crippen molar-refractivity contribution >= 4 is 17.9 Å². The molecule has 0 saturated heterocycles. The van der Waals surface area contributed by atoms with Crippen LogP contribution in [0.4, 0.5) is 4.79 Å². The highest BCUT2D eigenvalue weighted by molar-refractivity contribution is 5.86. The number of hydrogen-bond donors (Lipinski definition) is 3. The predicted molar refractivity (Wildman–Crippen MR) is 111 cm³/mol. The van der Waals surface area contributed by atoms with E-state index in [4.69, 9.17) is 10.5 Å². The third kappa shape index (κ3) is 8.98. The summed E-state index contributed by atoms with van der Waals surface area (Å²) in [5.41, 5.74) is 6.44. The summed E-state index contributed by atoms with van der Waals surface area (Å²) in [5.74, 6) is -0.408. The van der Waals surface area contributed by atoms with E-state index in [2.05, 4.69) is 10.6 Å². The lowest BCUT2D eigenvalue weighted by Gasteiger charge is -2.28. The highest BCUT2D eigenvalue weighted by Gasteiger charge is 2.28. The molecule has 0 bridgehead atoms. The van der Waals surface area contributed by atoms with Crippen molar-refractivity contribution in [3.63, 3.8) is 0 Å². The molecule has 1 aliphatic rings. The fraction of sp³-hybridized carbons (Fsp3) is 0.591. The molecule has 29 heavy (non-hydrogen) atoms. The van der Waals surface area contributed by atoms with Gasteiger partial charge in [0.05, 0.1) is 0 Å². The molecule has 0 unspecified atom stereocenters. The van der Waals surface area contributed by atoms with E-state index < -0.39 is 18.0 Å². The van der Waals surface area contributed by atoms with E-state index in [1.54, 1.807) is 0 Å². The number of rotatable bonds is 11. The SMILES string of the molecule is NC(=O)[C@@H](NC(=O)CCCCCNC(=O)OCc1ccccc1)C1CCCCC1. The van der Waals surface area contributed by atoms with Gasteiger partial charge >= 0.3 is 6.09 Å². The standard InChI is InChI=1S/C22H33N3O4/c23-21(27)20(18-12-6-2-7-13-18)25-19(26)14-8-3-9-15-24-22(28)29-16-17-10-4-1-5-11-17/h1,4-5,10-11,18,20H,2-3,6-9,12-16H2,(H2,23,27)(H,24,28)(H,25,26)/t20-/m0/s1. The van der Waals surface area contributed by atoms with Crippen molar-refractivity contribution < 1.29 is 19.1 Å². The maximum absolute atomic E-state index is 12.2. The molecule has 160 valence electrons. The van der Waals surface area contributed by atoms with Crippen LogP contribution in [0.3, 0.4) is 0 Å². The predicted octanol–water partition coefficient (Wildman–Crippen LogP) is 3.02. The lowest BCUT2D eigenvalue weighted by atomic mass is 9.83. The molecule has 4 N–H and O–H groups in total. The van der Waals surface area contributed by atoms with E-state index in [-0.39, 0.29) is 18.4 Å². The van der Waals surface area contributed by atoms with Gasteiger partial charge in [0.1, 0.15) is 12.6 Å². The van der Waals surface area contributed by atoms with E-state index in [1.807, 2.05) is 30.3 Å². The van der Waals surface area contributed by atoms with Gasteiger partial charge in [-0.05, 0) is 37.2 Å². The molecule has 1 aromatic carbocycles. The first-order valence-corrected chi connectivity index (χ1v) is 10.6. The van der Waals surface area contributed by atoms with Gasteiger partial charge < -0.3 is 21.1 Å². The van der Waals surface area contributed by atoms with Crippen molar-refractivity contribution in [2.75, 3.05) is 6.54 Å². The summed E-state index contributed by atoms with van der Waals surface area (Å²) in [6.07, 6.45) is 7.42. The fourth-order valence-corrected chi connectivity index (χ4v) is 3.69. The third-order valence-electron chi connectivity index (χ3n) is 5.31. The first-order valence-electron chi connectivity index (χ1n) is 10.6.